The number of benzene rings is 1. The molecule has 1 N–H and O–H groups in total. The van der Waals surface area contributed by atoms with Crippen molar-refractivity contribution in [2.24, 2.45) is 11.8 Å². The molecule has 3 atom stereocenters. The normalized spacial score (nSPS) is 24.2. The van der Waals surface area contributed by atoms with Crippen LogP contribution in [0.2, 0.25) is 0 Å². The Labute approximate surface area is 169 Å². The number of fused-ring (bicyclic) bond motifs is 1. The van der Waals surface area contributed by atoms with E-state index in [4.69, 9.17) is 4.74 Å². The summed E-state index contributed by atoms with van der Waals surface area (Å²) < 4.78 is 5.46. The summed E-state index contributed by atoms with van der Waals surface area (Å²) in [6.07, 6.45) is 5.65. The largest absolute Gasteiger partial charge is 0.447 e. The topological polar surface area (TPSA) is 92.8 Å². The lowest BCUT2D eigenvalue weighted by molar-refractivity contribution is -0.157. The minimum Gasteiger partial charge on any atom is -0.447 e. The van der Waals surface area contributed by atoms with Crippen LogP contribution in [-0.2, 0) is 23.9 Å². The summed E-state index contributed by atoms with van der Waals surface area (Å²) in [5.74, 6) is -2.03. The molecule has 29 heavy (non-hydrogen) atoms. The molecule has 3 aliphatic rings. The van der Waals surface area contributed by atoms with E-state index in [1.165, 1.54) is 4.90 Å². The van der Waals surface area contributed by atoms with Gasteiger partial charge in [0.2, 0.25) is 17.9 Å². The van der Waals surface area contributed by atoms with E-state index in [1.54, 1.807) is 24.3 Å². The monoisotopic (exact) mass is 396 g/mol. The number of hydrogen-bond acceptors (Lipinski definition) is 5. The predicted molar refractivity (Wildman–Crippen MR) is 103 cm³/mol. The fourth-order valence-electron chi connectivity index (χ4n) is 3.89. The number of nitrogens with one attached hydrogen (secondary N) is 1. The number of allylic oxidation sites excluding steroid dienone is 2. The van der Waals surface area contributed by atoms with Gasteiger partial charge in [0.15, 0.2) is 0 Å². The Hall–Kier alpha value is -2.96. The van der Waals surface area contributed by atoms with Gasteiger partial charge in [-0.05, 0) is 25.7 Å². The SMILES string of the molecule is O=C(CCN1C(=O)[C@H]2CC=CC[C@H]2C1=O)O[C@H](C(=O)NC1CC1)c1ccccc1. The van der Waals surface area contributed by atoms with Gasteiger partial charge >= 0.3 is 5.97 Å². The molecule has 1 saturated heterocycles. The molecule has 152 valence electrons. The molecule has 1 aromatic carbocycles. The van der Waals surface area contributed by atoms with Gasteiger partial charge < -0.3 is 10.1 Å². The van der Waals surface area contributed by atoms with Crippen molar-refractivity contribution in [3.63, 3.8) is 0 Å². The van der Waals surface area contributed by atoms with Crippen molar-refractivity contribution in [3.8, 4) is 0 Å². The number of imide groups is 1. The quantitative estimate of drug-likeness (QED) is 0.432. The fourth-order valence-corrected chi connectivity index (χ4v) is 3.89. The molecule has 1 saturated carbocycles. The lowest BCUT2D eigenvalue weighted by Crippen LogP contribution is -2.35. The Morgan fingerprint density at radius 1 is 1.03 bits per heavy atom. The number of likely N-dealkylation sites (tertiary alicyclic amines) is 1. The van der Waals surface area contributed by atoms with Gasteiger partial charge in [-0.25, -0.2) is 0 Å². The number of amides is 3. The van der Waals surface area contributed by atoms with Gasteiger partial charge in [-0.15, -0.1) is 0 Å². The zero-order valence-corrected chi connectivity index (χ0v) is 16.1. The number of carbonyl (C=O) groups is 4. The average Bonchev–Trinajstić information content (AvgIpc) is 3.52. The zero-order chi connectivity index (χ0) is 20.4. The molecule has 1 heterocycles. The zero-order valence-electron chi connectivity index (χ0n) is 16.1. The summed E-state index contributed by atoms with van der Waals surface area (Å²) in [4.78, 5) is 51.2. The maximum atomic E-state index is 12.6. The fraction of sp³-hybridized carbons (Fsp3) is 0.455. The van der Waals surface area contributed by atoms with E-state index in [0.29, 0.717) is 18.4 Å². The third-order valence-corrected chi connectivity index (χ3v) is 5.65. The van der Waals surface area contributed by atoms with Crippen molar-refractivity contribution in [1.29, 1.82) is 0 Å². The minimum atomic E-state index is -1.04. The van der Waals surface area contributed by atoms with Crippen molar-refractivity contribution >= 4 is 23.7 Å². The van der Waals surface area contributed by atoms with Crippen LogP contribution in [0, 0.1) is 11.8 Å². The molecule has 0 aromatic heterocycles. The van der Waals surface area contributed by atoms with Crippen molar-refractivity contribution in [2.45, 2.75) is 44.2 Å². The van der Waals surface area contributed by atoms with Gasteiger partial charge in [0, 0.05) is 18.2 Å². The van der Waals surface area contributed by atoms with Crippen LogP contribution < -0.4 is 5.32 Å². The van der Waals surface area contributed by atoms with E-state index in [9.17, 15) is 19.2 Å². The number of nitrogens with zero attached hydrogens (tertiary/aromatic N) is 1. The van der Waals surface area contributed by atoms with Crippen molar-refractivity contribution in [1.82, 2.24) is 10.2 Å². The third kappa shape index (κ3) is 4.23. The third-order valence-electron chi connectivity index (χ3n) is 5.65. The first-order valence-electron chi connectivity index (χ1n) is 10.1. The van der Waals surface area contributed by atoms with Crippen LogP contribution >= 0.6 is 0 Å². The van der Waals surface area contributed by atoms with Crippen LogP contribution in [0.25, 0.3) is 0 Å². The molecule has 7 heteroatoms. The second kappa shape index (κ2) is 8.19. The lowest BCUT2D eigenvalue weighted by Gasteiger charge is -2.19. The molecule has 7 nitrogen and oxygen atoms in total. The summed E-state index contributed by atoms with van der Waals surface area (Å²) >= 11 is 0. The molecule has 0 radical (unpaired) electrons. The van der Waals surface area contributed by atoms with Crippen LogP contribution in [0.5, 0.6) is 0 Å². The molecule has 1 aliphatic heterocycles. The maximum Gasteiger partial charge on any atom is 0.308 e. The van der Waals surface area contributed by atoms with Crippen LogP contribution in [-0.4, -0.2) is 41.2 Å². The van der Waals surface area contributed by atoms with E-state index in [-0.39, 0.29) is 48.6 Å². The van der Waals surface area contributed by atoms with Crippen LogP contribution in [0.3, 0.4) is 0 Å². The molecule has 0 spiro atoms. The maximum absolute atomic E-state index is 12.6. The van der Waals surface area contributed by atoms with E-state index in [2.05, 4.69) is 5.32 Å². The molecule has 3 amide bonds. The first kappa shape index (κ1) is 19.4. The Bertz CT molecular complexity index is 820. The molecular weight excluding hydrogens is 372 g/mol. The molecule has 1 aromatic rings. The summed E-state index contributed by atoms with van der Waals surface area (Å²) in [6, 6.07) is 8.98. The highest BCUT2D eigenvalue weighted by Crippen LogP contribution is 2.35. The van der Waals surface area contributed by atoms with Gasteiger partial charge in [-0.3, -0.25) is 24.1 Å². The molecule has 2 aliphatic carbocycles. The van der Waals surface area contributed by atoms with Crippen LogP contribution in [0.1, 0.15) is 43.8 Å². The summed E-state index contributed by atoms with van der Waals surface area (Å²) in [6.45, 7) is -0.0186. The Morgan fingerprint density at radius 3 is 2.24 bits per heavy atom. The van der Waals surface area contributed by atoms with E-state index in [0.717, 1.165) is 12.8 Å². The van der Waals surface area contributed by atoms with Gasteiger partial charge in [-0.1, -0.05) is 42.5 Å². The molecule has 4 rings (SSSR count). The number of carbonyl (C=O) groups excluding carboxylic acids is 4. The van der Waals surface area contributed by atoms with Gasteiger partial charge in [0.05, 0.1) is 18.3 Å². The van der Waals surface area contributed by atoms with Gasteiger partial charge in [-0.2, -0.15) is 0 Å². The first-order valence-corrected chi connectivity index (χ1v) is 10.1. The number of ether oxygens (including phenoxy) is 1. The highest BCUT2D eigenvalue weighted by atomic mass is 16.5. The smallest absolute Gasteiger partial charge is 0.308 e. The van der Waals surface area contributed by atoms with Gasteiger partial charge in [0.25, 0.3) is 5.91 Å². The number of esters is 1. The number of rotatable bonds is 7. The average molecular weight is 396 g/mol. The van der Waals surface area contributed by atoms with E-state index >= 15 is 0 Å². The summed E-state index contributed by atoms with van der Waals surface area (Å²) in [5.41, 5.74) is 0.587. The van der Waals surface area contributed by atoms with E-state index < -0.39 is 12.1 Å². The van der Waals surface area contributed by atoms with Crippen molar-refractivity contribution in [2.75, 3.05) is 6.54 Å². The Kier molecular flexibility index (Phi) is 5.47. The highest BCUT2D eigenvalue weighted by Gasteiger charge is 2.47. The molecule has 0 unspecified atom stereocenters. The lowest BCUT2D eigenvalue weighted by atomic mass is 9.85. The summed E-state index contributed by atoms with van der Waals surface area (Å²) in [7, 11) is 0. The Balaban J connectivity index is 1.37. The highest BCUT2D eigenvalue weighted by molar-refractivity contribution is 6.05. The first-order chi connectivity index (χ1) is 14.0. The second-order valence-electron chi connectivity index (χ2n) is 7.80. The van der Waals surface area contributed by atoms with Crippen LogP contribution in [0.15, 0.2) is 42.5 Å². The minimum absolute atomic E-state index is 0.0186. The molecule has 0 bridgehead atoms. The van der Waals surface area contributed by atoms with Crippen molar-refractivity contribution in [3.05, 3.63) is 48.0 Å². The molecule has 2 fully saturated rings. The molecular formula is C22H24N2O5. The number of hydrogen-bond donors (Lipinski definition) is 1. The van der Waals surface area contributed by atoms with Crippen molar-refractivity contribution < 1.29 is 23.9 Å². The second-order valence-corrected chi connectivity index (χ2v) is 7.80. The summed E-state index contributed by atoms with van der Waals surface area (Å²) in [5, 5.41) is 2.86. The van der Waals surface area contributed by atoms with E-state index in [1.807, 2.05) is 18.2 Å². The standard InChI is InChI=1S/C22H24N2O5/c25-18(12-13-24-21(27)16-8-4-5-9-17(16)22(24)28)29-19(14-6-2-1-3-7-14)20(26)23-15-10-11-15/h1-7,15-17,19H,8-13H2,(H,23,26)/t16-,17+,19-/m0/s1. The predicted octanol–water partition coefficient (Wildman–Crippen LogP) is 1.89. The van der Waals surface area contributed by atoms with Crippen LogP contribution in [0.4, 0.5) is 0 Å². The Morgan fingerprint density at radius 2 is 1.66 bits per heavy atom. The van der Waals surface area contributed by atoms with Gasteiger partial charge in [0.1, 0.15) is 0 Å².